The van der Waals surface area contributed by atoms with Gasteiger partial charge >= 0.3 is 0 Å². The van der Waals surface area contributed by atoms with Crippen molar-refractivity contribution in [2.75, 3.05) is 0 Å². The first-order chi connectivity index (χ1) is 26.1. The van der Waals surface area contributed by atoms with Crippen LogP contribution in [0.2, 0.25) is 0 Å². The van der Waals surface area contributed by atoms with E-state index in [9.17, 15) is 0 Å². The third-order valence-corrected chi connectivity index (χ3v) is 12.6. The number of aryl methyl sites for hydroxylation is 2. The highest BCUT2D eigenvalue weighted by Gasteiger charge is 2.35. The molecule has 2 unspecified atom stereocenters. The van der Waals surface area contributed by atoms with Gasteiger partial charge in [0.05, 0.1) is 12.2 Å². The molecule has 2 saturated carbocycles. The van der Waals surface area contributed by atoms with Crippen LogP contribution in [0.4, 0.5) is 0 Å². The number of hydrogen-bond donors (Lipinski definition) is 0. The Morgan fingerprint density at radius 3 is 1.17 bits per heavy atom. The van der Waals surface area contributed by atoms with Gasteiger partial charge in [-0.2, -0.15) is 0 Å². The molecule has 5 heteroatoms. The Balaban J connectivity index is 1.25. The van der Waals surface area contributed by atoms with Gasteiger partial charge in [-0.15, -0.1) is 0 Å². The van der Waals surface area contributed by atoms with Gasteiger partial charge in [0.25, 0.3) is 0 Å². The molecule has 2 aromatic heterocycles. The summed E-state index contributed by atoms with van der Waals surface area (Å²) in [6.45, 7) is 9.21. The Labute approximate surface area is 321 Å². The number of benzene rings is 2. The molecular weight excluding hydrogens is 649 g/mol. The average Bonchev–Trinajstić information content (AvgIpc) is 3.22. The van der Waals surface area contributed by atoms with E-state index in [1.165, 1.54) is 125 Å². The lowest BCUT2D eigenvalue weighted by molar-refractivity contribution is -0.0905. The number of nitrogens with zero attached hydrogens (tertiary/aromatic N) is 4. The van der Waals surface area contributed by atoms with E-state index >= 15 is 0 Å². The van der Waals surface area contributed by atoms with E-state index in [-0.39, 0.29) is 12.2 Å². The summed E-state index contributed by atoms with van der Waals surface area (Å²) in [6, 6.07) is 18.1. The molecule has 0 radical (unpaired) electrons. The van der Waals surface area contributed by atoms with Crippen molar-refractivity contribution in [1.82, 2.24) is 19.9 Å². The summed E-state index contributed by atoms with van der Waals surface area (Å²) in [5, 5.41) is 0. The van der Waals surface area contributed by atoms with Crippen molar-refractivity contribution in [3.05, 3.63) is 95.6 Å². The minimum Gasteiger partial charge on any atom is -0.365 e. The van der Waals surface area contributed by atoms with E-state index in [4.69, 9.17) is 24.7 Å². The van der Waals surface area contributed by atoms with E-state index in [0.717, 1.165) is 47.5 Å². The van der Waals surface area contributed by atoms with Crippen LogP contribution in [0.25, 0.3) is 22.8 Å². The fraction of sp³-hybridized carbons (Fsp3) is 0.583. The standard InChI is InChI=1S/C48H66N4O/c1-5-9-11-13-37-31-49-47(50-32-37)43-27-23-41(24-28-43)45(39-19-15-35(7-3)16-20-39)53-46(40-21-17-36(8-4)18-22-40)42-25-29-44(30-26-42)48-51-33-38(34-52-48)14-12-10-6-2/h23-36,39-40,45-46H,5-22H2,1-4H3. The summed E-state index contributed by atoms with van der Waals surface area (Å²) in [7, 11) is 0. The van der Waals surface area contributed by atoms with Gasteiger partial charge in [-0.25, -0.2) is 19.9 Å². The molecule has 0 saturated heterocycles. The molecule has 0 aliphatic heterocycles. The predicted octanol–water partition coefficient (Wildman–Crippen LogP) is 13.3. The lowest BCUT2D eigenvalue weighted by Gasteiger charge is -2.40. The number of ether oxygens (including phenoxy) is 1. The van der Waals surface area contributed by atoms with Crippen molar-refractivity contribution in [1.29, 1.82) is 0 Å². The van der Waals surface area contributed by atoms with Crippen LogP contribution >= 0.6 is 0 Å². The summed E-state index contributed by atoms with van der Waals surface area (Å²) in [4.78, 5) is 19.1. The summed E-state index contributed by atoms with van der Waals surface area (Å²) in [5.41, 5.74) is 7.19. The van der Waals surface area contributed by atoms with Crippen LogP contribution in [0.15, 0.2) is 73.3 Å². The maximum absolute atomic E-state index is 7.59. The van der Waals surface area contributed by atoms with Crippen LogP contribution in [0, 0.1) is 23.7 Å². The molecule has 0 bridgehead atoms. The van der Waals surface area contributed by atoms with Gasteiger partial charge in [-0.05, 0) is 97.3 Å². The predicted molar refractivity (Wildman–Crippen MR) is 219 cm³/mol. The summed E-state index contributed by atoms with van der Waals surface area (Å²) in [5.74, 6) is 4.32. The van der Waals surface area contributed by atoms with E-state index in [2.05, 4.69) is 76.2 Å². The first-order valence-electron chi connectivity index (χ1n) is 21.6. The van der Waals surface area contributed by atoms with Gasteiger partial charge in [0.1, 0.15) is 0 Å². The first kappa shape index (κ1) is 39.3. The second kappa shape index (κ2) is 20.3. The highest BCUT2D eigenvalue weighted by atomic mass is 16.5. The number of unbranched alkanes of at least 4 members (excludes halogenated alkanes) is 4. The third kappa shape index (κ3) is 10.8. The van der Waals surface area contributed by atoms with Gasteiger partial charge in [-0.3, -0.25) is 0 Å². The topological polar surface area (TPSA) is 60.8 Å². The van der Waals surface area contributed by atoms with E-state index in [1.54, 1.807) is 0 Å². The zero-order valence-corrected chi connectivity index (χ0v) is 33.3. The van der Waals surface area contributed by atoms with Crippen LogP contribution in [0.3, 0.4) is 0 Å². The summed E-state index contributed by atoms with van der Waals surface area (Å²) in [6.07, 6.45) is 30.3. The van der Waals surface area contributed by atoms with Crippen molar-refractivity contribution in [2.24, 2.45) is 23.7 Å². The first-order valence-corrected chi connectivity index (χ1v) is 21.6. The smallest absolute Gasteiger partial charge is 0.159 e. The van der Waals surface area contributed by atoms with Crippen LogP contribution in [-0.4, -0.2) is 19.9 Å². The number of hydrogen-bond acceptors (Lipinski definition) is 5. The fourth-order valence-corrected chi connectivity index (χ4v) is 8.95. The van der Waals surface area contributed by atoms with Crippen LogP contribution in [0.5, 0.6) is 0 Å². The SMILES string of the molecule is CCCCCc1cnc(-c2ccc(C(OC(c3ccc(-c4ncc(CCCCC)cn4)cc3)C3CCC(CC)CC3)C3CCC(CC)CC3)cc2)nc1. The van der Waals surface area contributed by atoms with Crippen molar-refractivity contribution in [3.63, 3.8) is 0 Å². The Hall–Kier alpha value is -3.44. The molecule has 2 heterocycles. The van der Waals surface area contributed by atoms with Crippen LogP contribution < -0.4 is 0 Å². The minimum atomic E-state index is 0.0564. The molecular formula is C48H66N4O. The molecule has 2 aromatic carbocycles. The molecule has 2 aliphatic rings. The normalized spacial score (nSPS) is 21.7. The van der Waals surface area contributed by atoms with Gasteiger partial charge in [0, 0.05) is 35.9 Å². The second-order valence-electron chi connectivity index (χ2n) is 16.3. The van der Waals surface area contributed by atoms with Crippen LogP contribution in [0.1, 0.15) is 165 Å². The Morgan fingerprint density at radius 2 is 0.849 bits per heavy atom. The third-order valence-electron chi connectivity index (χ3n) is 12.6. The van der Waals surface area contributed by atoms with Gasteiger partial charge in [-0.1, -0.05) is 140 Å². The summed E-state index contributed by atoms with van der Waals surface area (Å²) < 4.78 is 7.59. The van der Waals surface area contributed by atoms with Crippen LogP contribution in [-0.2, 0) is 17.6 Å². The molecule has 2 atom stereocenters. The van der Waals surface area contributed by atoms with Crippen molar-refractivity contribution < 1.29 is 4.74 Å². The monoisotopic (exact) mass is 715 g/mol. The van der Waals surface area contributed by atoms with Crippen molar-refractivity contribution in [2.45, 2.75) is 155 Å². The quantitative estimate of drug-likeness (QED) is 0.0960. The highest BCUT2D eigenvalue weighted by molar-refractivity contribution is 5.56. The number of rotatable bonds is 18. The molecule has 2 aliphatic carbocycles. The Morgan fingerprint density at radius 1 is 0.491 bits per heavy atom. The highest BCUT2D eigenvalue weighted by Crippen LogP contribution is 2.47. The largest absolute Gasteiger partial charge is 0.365 e. The average molecular weight is 715 g/mol. The van der Waals surface area contributed by atoms with Crippen molar-refractivity contribution >= 4 is 0 Å². The van der Waals surface area contributed by atoms with E-state index in [0.29, 0.717) is 11.8 Å². The number of aromatic nitrogens is 4. The molecule has 0 N–H and O–H groups in total. The second-order valence-corrected chi connectivity index (χ2v) is 16.3. The van der Waals surface area contributed by atoms with Gasteiger partial charge < -0.3 is 4.74 Å². The molecule has 0 amide bonds. The molecule has 0 spiro atoms. The lowest BCUT2D eigenvalue weighted by atomic mass is 9.75. The Kier molecular flexibility index (Phi) is 15.0. The maximum Gasteiger partial charge on any atom is 0.159 e. The maximum atomic E-state index is 7.59. The molecule has 53 heavy (non-hydrogen) atoms. The minimum absolute atomic E-state index is 0.0564. The summed E-state index contributed by atoms with van der Waals surface area (Å²) >= 11 is 0. The Bertz CT molecular complexity index is 1480. The van der Waals surface area contributed by atoms with Crippen molar-refractivity contribution in [3.8, 4) is 22.8 Å². The zero-order valence-electron chi connectivity index (χ0n) is 33.3. The molecule has 4 aromatic rings. The fourth-order valence-electron chi connectivity index (χ4n) is 8.95. The molecule has 2 fully saturated rings. The molecule has 5 nitrogen and oxygen atoms in total. The molecule has 6 rings (SSSR count). The van der Waals surface area contributed by atoms with E-state index < -0.39 is 0 Å². The lowest BCUT2D eigenvalue weighted by Crippen LogP contribution is -2.28. The molecule has 284 valence electrons. The zero-order chi connectivity index (χ0) is 36.8. The van der Waals surface area contributed by atoms with E-state index in [1.807, 2.05) is 24.8 Å². The van der Waals surface area contributed by atoms with Gasteiger partial charge in [0.2, 0.25) is 0 Å². The van der Waals surface area contributed by atoms with Gasteiger partial charge in [0.15, 0.2) is 11.6 Å².